The van der Waals surface area contributed by atoms with Gasteiger partial charge >= 0.3 is 6.03 Å². The van der Waals surface area contributed by atoms with Crippen molar-refractivity contribution in [2.45, 2.75) is 19.4 Å². The highest BCUT2D eigenvalue weighted by molar-refractivity contribution is 7.80. The van der Waals surface area contributed by atoms with Crippen LogP contribution in [0.3, 0.4) is 0 Å². The monoisotopic (exact) mass is 188 g/mol. The fraction of sp³-hybridized carbons (Fsp3) is 0.714. The molecule has 0 aromatic heterocycles. The molecule has 5 heteroatoms. The summed E-state index contributed by atoms with van der Waals surface area (Å²) in [6.07, 6.45) is 0.790. The fourth-order valence-electron chi connectivity index (χ4n) is 1.14. The van der Waals surface area contributed by atoms with Gasteiger partial charge in [-0.25, -0.2) is 4.79 Å². The SMILES string of the molecule is CCCN1C(=O)NC(CS)C1=O. The Hall–Kier alpha value is -0.710. The number of nitrogens with one attached hydrogen (secondary N) is 1. The van der Waals surface area contributed by atoms with Gasteiger partial charge in [-0.15, -0.1) is 0 Å². The molecule has 1 rings (SSSR count). The van der Waals surface area contributed by atoms with E-state index in [1.165, 1.54) is 4.90 Å². The van der Waals surface area contributed by atoms with Gasteiger partial charge in [0.25, 0.3) is 5.91 Å². The number of hydrogen-bond donors (Lipinski definition) is 2. The second-order valence-electron chi connectivity index (χ2n) is 2.67. The Kier molecular flexibility index (Phi) is 2.97. The number of thiol groups is 1. The van der Waals surface area contributed by atoms with Gasteiger partial charge in [0.15, 0.2) is 0 Å². The molecular formula is C7H12N2O2S. The van der Waals surface area contributed by atoms with Gasteiger partial charge < -0.3 is 5.32 Å². The van der Waals surface area contributed by atoms with Gasteiger partial charge in [0.1, 0.15) is 6.04 Å². The van der Waals surface area contributed by atoms with E-state index in [-0.39, 0.29) is 11.9 Å². The molecule has 4 nitrogen and oxygen atoms in total. The number of carbonyl (C=O) groups excluding carboxylic acids is 2. The van der Waals surface area contributed by atoms with Crippen molar-refractivity contribution in [3.05, 3.63) is 0 Å². The molecule has 12 heavy (non-hydrogen) atoms. The predicted molar refractivity (Wildman–Crippen MR) is 48.2 cm³/mol. The normalized spacial score (nSPS) is 23.2. The van der Waals surface area contributed by atoms with Crippen molar-refractivity contribution < 1.29 is 9.59 Å². The highest BCUT2D eigenvalue weighted by Crippen LogP contribution is 2.07. The Morgan fingerprint density at radius 2 is 2.25 bits per heavy atom. The van der Waals surface area contributed by atoms with Crippen molar-refractivity contribution in [2.75, 3.05) is 12.3 Å². The van der Waals surface area contributed by atoms with E-state index >= 15 is 0 Å². The molecule has 0 aromatic carbocycles. The van der Waals surface area contributed by atoms with Crippen molar-refractivity contribution in [3.8, 4) is 0 Å². The summed E-state index contributed by atoms with van der Waals surface area (Å²) in [5, 5.41) is 2.55. The first-order chi connectivity index (χ1) is 5.70. The van der Waals surface area contributed by atoms with Crippen LogP contribution in [0.4, 0.5) is 4.79 Å². The third-order valence-corrected chi connectivity index (χ3v) is 2.10. The van der Waals surface area contributed by atoms with Gasteiger partial charge in [-0.05, 0) is 6.42 Å². The van der Waals surface area contributed by atoms with Crippen LogP contribution in [0.25, 0.3) is 0 Å². The molecule has 68 valence electrons. The fourth-order valence-corrected chi connectivity index (χ4v) is 1.38. The van der Waals surface area contributed by atoms with Crippen LogP contribution in [0.15, 0.2) is 0 Å². The maximum Gasteiger partial charge on any atom is 0.324 e. The molecule has 1 fully saturated rings. The predicted octanol–water partition coefficient (Wildman–Crippen LogP) is 0.247. The second kappa shape index (κ2) is 3.80. The number of hydrogen-bond acceptors (Lipinski definition) is 3. The molecule has 1 unspecified atom stereocenters. The van der Waals surface area contributed by atoms with Gasteiger partial charge in [-0.3, -0.25) is 9.69 Å². The standard InChI is InChI=1S/C7H12N2O2S/c1-2-3-9-6(10)5(4-12)8-7(9)11/h5,12H,2-4H2,1H3,(H,8,11). The van der Waals surface area contributed by atoms with Crippen molar-refractivity contribution in [1.29, 1.82) is 0 Å². The lowest BCUT2D eigenvalue weighted by Gasteiger charge is -2.09. The highest BCUT2D eigenvalue weighted by atomic mass is 32.1. The number of carbonyl (C=O) groups is 2. The molecule has 0 spiro atoms. The zero-order valence-electron chi connectivity index (χ0n) is 6.91. The van der Waals surface area contributed by atoms with E-state index < -0.39 is 6.04 Å². The van der Waals surface area contributed by atoms with E-state index in [2.05, 4.69) is 17.9 Å². The van der Waals surface area contributed by atoms with E-state index in [9.17, 15) is 9.59 Å². The molecular weight excluding hydrogens is 176 g/mol. The van der Waals surface area contributed by atoms with Gasteiger partial charge in [0.05, 0.1) is 0 Å². The number of urea groups is 1. The van der Waals surface area contributed by atoms with Gasteiger partial charge in [0.2, 0.25) is 0 Å². The summed E-state index contributed by atoms with van der Waals surface area (Å²) in [7, 11) is 0. The van der Waals surface area contributed by atoms with Crippen molar-refractivity contribution in [1.82, 2.24) is 10.2 Å². The van der Waals surface area contributed by atoms with Crippen molar-refractivity contribution >= 4 is 24.6 Å². The van der Waals surface area contributed by atoms with Gasteiger partial charge in [-0.2, -0.15) is 12.6 Å². The lowest BCUT2D eigenvalue weighted by Crippen LogP contribution is -2.32. The third kappa shape index (κ3) is 1.55. The summed E-state index contributed by atoms with van der Waals surface area (Å²) in [5.41, 5.74) is 0. The summed E-state index contributed by atoms with van der Waals surface area (Å²) in [6, 6.07) is -0.715. The Bertz CT molecular complexity index is 208. The molecule has 0 aromatic rings. The van der Waals surface area contributed by atoms with E-state index in [0.717, 1.165) is 6.42 Å². The zero-order chi connectivity index (χ0) is 9.14. The zero-order valence-corrected chi connectivity index (χ0v) is 7.80. The van der Waals surface area contributed by atoms with E-state index in [4.69, 9.17) is 0 Å². The van der Waals surface area contributed by atoms with Crippen LogP contribution in [0.1, 0.15) is 13.3 Å². The molecule has 1 aliphatic rings. The highest BCUT2D eigenvalue weighted by Gasteiger charge is 2.35. The van der Waals surface area contributed by atoms with Crippen LogP contribution < -0.4 is 5.32 Å². The van der Waals surface area contributed by atoms with Crippen molar-refractivity contribution in [3.63, 3.8) is 0 Å². The minimum Gasteiger partial charge on any atom is -0.325 e. The maximum absolute atomic E-state index is 11.3. The molecule has 1 N–H and O–H groups in total. The van der Waals surface area contributed by atoms with Crippen LogP contribution in [0.2, 0.25) is 0 Å². The molecule has 3 amide bonds. The topological polar surface area (TPSA) is 49.4 Å². The summed E-state index contributed by atoms with van der Waals surface area (Å²) >= 11 is 3.96. The van der Waals surface area contributed by atoms with Crippen molar-refractivity contribution in [2.24, 2.45) is 0 Å². The minimum atomic E-state index is -0.424. The molecule has 0 bridgehead atoms. The van der Waals surface area contributed by atoms with E-state index in [0.29, 0.717) is 12.3 Å². The van der Waals surface area contributed by atoms with Crippen LogP contribution in [0, 0.1) is 0 Å². The molecule has 0 radical (unpaired) electrons. The van der Waals surface area contributed by atoms with Crippen LogP contribution >= 0.6 is 12.6 Å². The lowest BCUT2D eigenvalue weighted by atomic mass is 10.3. The average Bonchev–Trinajstić information content (AvgIpc) is 2.32. The largest absolute Gasteiger partial charge is 0.325 e. The summed E-state index contributed by atoms with van der Waals surface area (Å²) < 4.78 is 0. The second-order valence-corrected chi connectivity index (χ2v) is 3.04. The first-order valence-electron chi connectivity index (χ1n) is 3.93. The molecule has 0 aliphatic carbocycles. The number of rotatable bonds is 3. The van der Waals surface area contributed by atoms with Gasteiger partial charge in [0, 0.05) is 12.3 Å². The summed E-state index contributed by atoms with van der Waals surface area (Å²) in [6.45, 7) is 2.42. The smallest absolute Gasteiger partial charge is 0.324 e. The Morgan fingerprint density at radius 1 is 1.58 bits per heavy atom. The Morgan fingerprint density at radius 3 is 2.67 bits per heavy atom. The number of amides is 3. The van der Waals surface area contributed by atoms with E-state index in [1.807, 2.05) is 6.92 Å². The Balaban J connectivity index is 2.64. The number of imide groups is 1. The first kappa shape index (κ1) is 9.38. The number of nitrogens with zero attached hydrogens (tertiary/aromatic N) is 1. The lowest BCUT2D eigenvalue weighted by molar-refractivity contribution is -0.127. The quantitative estimate of drug-likeness (QED) is 0.492. The molecule has 0 saturated carbocycles. The van der Waals surface area contributed by atoms with Crippen LogP contribution in [-0.4, -0.2) is 35.2 Å². The third-order valence-electron chi connectivity index (χ3n) is 1.74. The first-order valence-corrected chi connectivity index (χ1v) is 4.56. The summed E-state index contributed by atoms with van der Waals surface area (Å²) in [5.74, 6) is 0.210. The van der Waals surface area contributed by atoms with E-state index in [1.54, 1.807) is 0 Å². The Labute approximate surface area is 76.7 Å². The molecule has 1 atom stereocenters. The maximum atomic E-state index is 11.3. The minimum absolute atomic E-state index is 0.156. The van der Waals surface area contributed by atoms with Crippen LogP contribution in [0.5, 0.6) is 0 Å². The molecule has 1 aliphatic heterocycles. The van der Waals surface area contributed by atoms with Gasteiger partial charge in [-0.1, -0.05) is 6.92 Å². The van der Waals surface area contributed by atoms with Crippen LogP contribution in [-0.2, 0) is 4.79 Å². The molecule has 1 heterocycles. The molecule has 1 saturated heterocycles. The average molecular weight is 188 g/mol. The summed E-state index contributed by atoms with van der Waals surface area (Å²) in [4.78, 5) is 23.7.